The number of hydroxylamine groups is 2. The molecule has 2 aromatic heterocycles. The maximum absolute atomic E-state index is 8.93. The van der Waals surface area contributed by atoms with E-state index < -0.39 is 0 Å². The standard InChI is InChI=1S/C17H15N5O/c1-12(21(2)23-3)15-8-16(22-17(9-15)19-11-20-22)14-6-4-13(10-18)5-7-14/h4-9,11H,1H2,2-3H3. The molecule has 0 aliphatic heterocycles. The van der Waals surface area contributed by atoms with Gasteiger partial charge in [-0.15, -0.1) is 0 Å². The SMILES string of the molecule is C=C(c1cc(-c2ccc(C#N)cc2)n2ncnc2c1)N(C)OC. The minimum absolute atomic E-state index is 0.614. The first-order valence-electron chi connectivity index (χ1n) is 6.95. The van der Waals surface area contributed by atoms with Crippen LogP contribution >= 0.6 is 0 Å². The Bertz CT molecular complexity index is 905. The smallest absolute Gasteiger partial charge is 0.156 e. The highest BCUT2D eigenvalue weighted by Crippen LogP contribution is 2.26. The highest BCUT2D eigenvalue weighted by Gasteiger charge is 2.12. The first-order chi connectivity index (χ1) is 11.1. The molecule has 2 heterocycles. The van der Waals surface area contributed by atoms with Gasteiger partial charge in [0.2, 0.25) is 0 Å². The Kier molecular flexibility index (Phi) is 3.79. The van der Waals surface area contributed by atoms with Crippen LogP contribution < -0.4 is 0 Å². The molecular weight excluding hydrogens is 290 g/mol. The molecule has 0 fully saturated rings. The summed E-state index contributed by atoms with van der Waals surface area (Å²) in [7, 11) is 3.38. The topological polar surface area (TPSA) is 66.5 Å². The van der Waals surface area contributed by atoms with Gasteiger partial charge < -0.3 is 0 Å². The fourth-order valence-electron chi connectivity index (χ4n) is 2.30. The molecule has 0 aliphatic rings. The molecule has 0 atom stereocenters. The van der Waals surface area contributed by atoms with E-state index in [1.165, 1.54) is 6.33 Å². The lowest BCUT2D eigenvalue weighted by molar-refractivity contribution is -0.0524. The lowest BCUT2D eigenvalue weighted by atomic mass is 10.1. The second kappa shape index (κ2) is 5.91. The summed E-state index contributed by atoms with van der Waals surface area (Å²) in [5.74, 6) is 0. The van der Waals surface area contributed by atoms with Crippen molar-refractivity contribution in [2.45, 2.75) is 0 Å². The zero-order valence-corrected chi connectivity index (χ0v) is 12.9. The number of hydrogen-bond donors (Lipinski definition) is 0. The number of pyridine rings is 1. The van der Waals surface area contributed by atoms with Gasteiger partial charge in [0.15, 0.2) is 5.65 Å². The van der Waals surface area contributed by atoms with Crippen LogP contribution in [0.3, 0.4) is 0 Å². The predicted octanol–water partition coefficient (Wildman–Crippen LogP) is 2.73. The summed E-state index contributed by atoms with van der Waals surface area (Å²) in [4.78, 5) is 9.46. The summed E-state index contributed by atoms with van der Waals surface area (Å²) in [6, 6.07) is 13.3. The number of fused-ring (bicyclic) bond motifs is 1. The highest BCUT2D eigenvalue weighted by atomic mass is 16.7. The van der Waals surface area contributed by atoms with Crippen molar-refractivity contribution in [2.24, 2.45) is 0 Å². The van der Waals surface area contributed by atoms with Crippen LogP contribution in [0.2, 0.25) is 0 Å². The van der Waals surface area contributed by atoms with Crippen molar-refractivity contribution in [3.05, 3.63) is 60.4 Å². The van der Waals surface area contributed by atoms with Gasteiger partial charge in [-0.25, -0.2) is 9.50 Å². The van der Waals surface area contributed by atoms with Gasteiger partial charge in [-0.3, -0.25) is 9.90 Å². The number of nitriles is 1. The fraction of sp³-hybridized carbons (Fsp3) is 0.118. The summed E-state index contributed by atoms with van der Waals surface area (Å²) in [6.07, 6.45) is 1.51. The van der Waals surface area contributed by atoms with Gasteiger partial charge in [-0.1, -0.05) is 18.7 Å². The normalized spacial score (nSPS) is 10.5. The van der Waals surface area contributed by atoms with Gasteiger partial charge in [-0.05, 0) is 24.3 Å². The van der Waals surface area contributed by atoms with E-state index in [0.29, 0.717) is 16.9 Å². The average Bonchev–Trinajstić information content (AvgIpc) is 3.08. The van der Waals surface area contributed by atoms with E-state index in [0.717, 1.165) is 16.8 Å². The molecule has 23 heavy (non-hydrogen) atoms. The molecule has 0 aliphatic carbocycles. The first kappa shape index (κ1) is 14.8. The van der Waals surface area contributed by atoms with Gasteiger partial charge in [0, 0.05) is 18.2 Å². The number of nitrogens with zero attached hydrogens (tertiary/aromatic N) is 5. The monoisotopic (exact) mass is 305 g/mol. The van der Waals surface area contributed by atoms with Gasteiger partial charge in [0.05, 0.1) is 30.1 Å². The zero-order valence-electron chi connectivity index (χ0n) is 12.9. The van der Waals surface area contributed by atoms with Crippen molar-refractivity contribution >= 4 is 11.3 Å². The molecule has 114 valence electrons. The number of rotatable bonds is 4. The predicted molar refractivity (Wildman–Crippen MR) is 86.9 cm³/mol. The Morgan fingerprint density at radius 2 is 2.04 bits per heavy atom. The second-order valence-electron chi connectivity index (χ2n) is 4.98. The summed E-state index contributed by atoms with van der Waals surface area (Å²) in [5.41, 5.74) is 4.73. The third-order valence-corrected chi connectivity index (χ3v) is 3.68. The minimum atomic E-state index is 0.614. The van der Waals surface area contributed by atoms with Gasteiger partial charge in [-0.2, -0.15) is 10.4 Å². The minimum Gasteiger partial charge on any atom is -0.277 e. The highest BCUT2D eigenvalue weighted by molar-refractivity contribution is 5.72. The first-order valence-corrected chi connectivity index (χ1v) is 6.95. The van der Waals surface area contributed by atoms with E-state index in [4.69, 9.17) is 10.1 Å². The van der Waals surface area contributed by atoms with Crippen molar-refractivity contribution in [3.63, 3.8) is 0 Å². The maximum Gasteiger partial charge on any atom is 0.156 e. The molecule has 0 radical (unpaired) electrons. The third kappa shape index (κ3) is 2.65. The summed E-state index contributed by atoms with van der Waals surface area (Å²) in [5, 5.41) is 14.8. The lowest BCUT2D eigenvalue weighted by Crippen LogP contribution is -2.14. The molecule has 0 amide bonds. The van der Waals surface area contributed by atoms with Crippen LogP contribution in [-0.4, -0.2) is 33.8 Å². The Labute approximate surface area is 133 Å². The van der Waals surface area contributed by atoms with E-state index in [1.807, 2.05) is 24.3 Å². The van der Waals surface area contributed by atoms with Crippen LogP contribution in [0.25, 0.3) is 22.6 Å². The summed E-state index contributed by atoms with van der Waals surface area (Å²) >= 11 is 0. The van der Waals surface area contributed by atoms with Crippen LogP contribution in [0.1, 0.15) is 11.1 Å². The third-order valence-electron chi connectivity index (χ3n) is 3.68. The molecule has 0 saturated carbocycles. The molecule has 1 aromatic carbocycles. The molecule has 0 saturated heterocycles. The molecular formula is C17H15N5O. The fourth-order valence-corrected chi connectivity index (χ4v) is 2.30. The summed E-state index contributed by atoms with van der Waals surface area (Å²) in [6.45, 7) is 4.05. The molecule has 0 bridgehead atoms. The van der Waals surface area contributed by atoms with Crippen LogP contribution in [0.15, 0.2) is 49.3 Å². The molecule has 0 unspecified atom stereocenters. The molecule has 3 rings (SSSR count). The largest absolute Gasteiger partial charge is 0.277 e. The maximum atomic E-state index is 8.93. The van der Waals surface area contributed by atoms with Crippen LogP contribution in [0, 0.1) is 11.3 Å². The Hall–Kier alpha value is -3.17. The molecule has 0 N–H and O–H groups in total. The van der Waals surface area contributed by atoms with E-state index >= 15 is 0 Å². The van der Waals surface area contributed by atoms with Crippen LogP contribution in [0.4, 0.5) is 0 Å². The van der Waals surface area contributed by atoms with Crippen LogP contribution in [-0.2, 0) is 4.84 Å². The average molecular weight is 305 g/mol. The van der Waals surface area contributed by atoms with Crippen molar-refractivity contribution < 1.29 is 4.84 Å². The second-order valence-corrected chi connectivity index (χ2v) is 4.98. The zero-order chi connectivity index (χ0) is 16.4. The quantitative estimate of drug-likeness (QED) is 0.693. The Morgan fingerprint density at radius 3 is 2.70 bits per heavy atom. The van der Waals surface area contributed by atoms with Gasteiger partial charge >= 0.3 is 0 Å². The van der Waals surface area contributed by atoms with Crippen LogP contribution in [0.5, 0.6) is 0 Å². The Morgan fingerprint density at radius 1 is 1.30 bits per heavy atom. The lowest BCUT2D eigenvalue weighted by Gasteiger charge is -2.19. The summed E-state index contributed by atoms with van der Waals surface area (Å²) < 4.78 is 1.75. The van der Waals surface area contributed by atoms with Crippen molar-refractivity contribution in [2.75, 3.05) is 14.2 Å². The Balaban J connectivity index is 2.16. The molecule has 6 heteroatoms. The van der Waals surface area contributed by atoms with E-state index in [-0.39, 0.29) is 0 Å². The molecule has 3 aromatic rings. The number of benzene rings is 1. The molecule has 0 spiro atoms. The van der Waals surface area contributed by atoms with Crippen molar-refractivity contribution in [3.8, 4) is 17.3 Å². The van der Waals surface area contributed by atoms with Gasteiger partial charge in [0.1, 0.15) is 6.33 Å². The number of hydrogen-bond acceptors (Lipinski definition) is 5. The van der Waals surface area contributed by atoms with Gasteiger partial charge in [0.25, 0.3) is 0 Å². The van der Waals surface area contributed by atoms with Crippen molar-refractivity contribution in [1.82, 2.24) is 19.7 Å². The molecule has 6 nitrogen and oxygen atoms in total. The van der Waals surface area contributed by atoms with E-state index in [2.05, 4.69) is 22.7 Å². The number of aromatic nitrogens is 3. The van der Waals surface area contributed by atoms with E-state index in [1.54, 1.807) is 35.9 Å². The van der Waals surface area contributed by atoms with E-state index in [9.17, 15) is 0 Å². The van der Waals surface area contributed by atoms with Crippen molar-refractivity contribution in [1.29, 1.82) is 5.26 Å².